The standard InChI is InChI=1S/C24H23ClN2O5/c1-14-19(15(2)32-26-14)13-31-22-10-9-16(12-18(22)17-6-3-4-7-20(17)25)23(28)27-11-5-8-21(27)24(29)30/h3-4,6-7,9-10,12,21H,5,8,11,13H2,1-2H3,(H,29,30). The van der Waals surface area contributed by atoms with Gasteiger partial charge in [-0.05, 0) is 51.0 Å². The number of halogens is 1. The minimum absolute atomic E-state index is 0.249. The third kappa shape index (κ3) is 4.21. The second kappa shape index (κ2) is 9.04. The molecule has 32 heavy (non-hydrogen) atoms. The Morgan fingerprint density at radius 3 is 2.69 bits per heavy atom. The van der Waals surface area contributed by atoms with Crippen LogP contribution in [0.5, 0.6) is 5.75 Å². The molecular formula is C24H23ClN2O5. The van der Waals surface area contributed by atoms with Gasteiger partial charge in [0, 0.05) is 28.3 Å². The number of aromatic nitrogens is 1. The van der Waals surface area contributed by atoms with Gasteiger partial charge in [0.15, 0.2) is 0 Å². The molecule has 8 heteroatoms. The van der Waals surface area contributed by atoms with E-state index in [4.69, 9.17) is 20.9 Å². The molecule has 166 valence electrons. The maximum Gasteiger partial charge on any atom is 0.326 e. The Morgan fingerprint density at radius 2 is 2.00 bits per heavy atom. The molecule has 1 aromatic heterocycles. The number of aryl methyl sites for hydroxylation is 2. The first-order chi connectivity index (χ1) is 15.4. The fourth-order valence-corrected chi connectivity index (χ4v) is 4.21. The number of carboxylic acids is 1. The molecule has 4 rings (SSSR count). The molecule has 1 amide bonds. The van der Waals surface area contributed by atoms with Gasteiger partial charge in [-0.2, -0.15) is 0 Å². The van der Waals surface area contributed by atoms with Gasteiger partial charge in [-0.15, -0.1) is 0 Å². The molecule has 1 aliphatic rings. The zero-order valence-corrected chi connectivity index (χ0v) is 18.6. The number of carboxylic acid groups (broad SMARTS) is 1. The molecule has 0 aliphatic carbocycles. The van der Waals surface area contributed by atoms with Gasteiger partial charge in [0.2, 0.25) is 0 Å². The number of likely N-dealkylation sites (tertiary alicyclic amines) is 1. The normalized spacial score (nSPS) is 15.7. The predicted molar refractivity (Wildman–Crippen MR) is 119 cm³/mol. The third-order valence-corrected chi connectivity index (χ3v) is 6.07. The summed E-state index contributed by atoms with van der Waals surface area (Å²) in [6, 6.07) is 11.6. The van der Waals surface area contributed by atoms with Crippen LogP contribution < -0.4 is 4.74 Å². The van der Waals surface area contributed by atoms with Crippen LogP contribution in [0.3, 0.4) is 0 Å². The summed E-state index contributed by atoms with van der Waals surface area (Å²) in [6.45, 7) is 4.34. The molecule has 1 unspecified atom stereocenters. The summed E-state index contributed by atoms with van der Waals surface area (Å²) in [6.07, 6.45) is 1.12. The molecule has 7 nitrogen and oxygen atoms in total. The highest BCUT2D eigenvalue weighted by Gasteiger charge is 2.34. The summed E-state index contributed by atoms with van der Waals surface area (Å²) in [7, 11) is 0. The average molecular weight is 455 g/mol. The smallest absolute Gasteiger partial charge is 0.326 e. The van der Waals surface area contributed by atoms with E-state index in [1.807, 2.05) is 32.0 Å². The van der Waals surface area contributed by atoms with Gasteiger partial charge in [0.05, 0.1) is 11.3 Å². The van der Waals surface area contributed by atoms with Crippen LogP contribution >= 0.6 is 11.6 Å². The van der Waals surface area contributed by atoms with Crippen molar-refractivity contribution in [2.24, 2.45) is 0 Å². The average Bonchev–Trinajstić information content (AvgIpc) is 3.39. The van der Waals surface area contributed by atoms with Crippen LogP contribution in [-0.2, 0) is 11.4 Å². The van der Waals surface area contributed by atoms with Crippen molar-refractivity contribution >= 4 is 23.5 Å². The van der Waals surface area contributed by atoms with Gasteiger partial charge in [-0.1, -0.05) is 35.0 Å². The highest BCUT2D eigenvalue weighted by atomic mass is 35.5. The summed E-state index contributed by atoms with van der Waals surface area (Å²) in [5.41, 5.74) is 3.37. The molecule has 2 aromatic carbocycles. The van der Waals surface area contributed by atoms with E-state index in [2.05, 4.69) is 5.16 Å². The van der Waals surface area contributed by atoms with Crippen LogP contribution in [0.25, 0.3) is 11.1 Å². The summed E-state index contributed by atoms with van der Waals surface area (Å²) in [4.78, 5) is 26.1. The molecule has 3 aromatic rings. The number of rotatable bonds is 6. The number of ether oxygens (including phenoxy) is 1. The fraction of sp³-hybridized carbons (Fsp3) is 0.292. The summed E-state index contributed by atoms with van der Waals surface area (Å²) >= 11 is 6.45. The number of carbonyl (C=O) groups excluding carboxylic acids is 1. The van der Waals surface area contributed by atoms with Crippen LogP contribution in [-0.4, -0.2) is 39.6 Å². The molecule has 0 radical (unpaired) electrons. The van der Waals surface area contributed by atoms with Crippen molar-refractivity contribution in [1.82, 2.24) is 10.1 Å². The van der Waals surface area contributed by atoms with Gasteiger partial charge >= 0.3 is 5.97 Å². The van der Waals surface area contributed by atoms with E-state index in [0.717, 1.165) is 11.3 Å². The van der Waals surface area contributed by atoms with Crippen molar-refractivity contribution in [2.75, 3.05) is 6.54 Å². The lowest BCUT2D eigenvalue weighted by Crippen LogP contribution is -2.40. The highest BCUT2D eigenvalue weighted by molar-refractivity contribution is 6.33. The zero-order chi connectivity index (χ0) is 22.8. The van der Waals surface area contributed by atoms with Crippen LogP contribution in [0, 0.1) is 13.8 Å². The van der Waals surface area contributed by atoms with Crippen LogP contribution in [0.15, 0.2) is 47.0 Å². The predicted octanol–water partition coefficient (Wildman–Crippen LogP) is 4.88. The topological polar surface area (TPSA) is 92.9 Å². The quantitative estimate of drug-likeness (QED) is 0.570. The number of carbonyl (C=O) groups is 2. The van der Waals surface area contributed by atoms with E-state index in [1.54, 1.807) is 24.3 Å². The number of nitrogens with zero attached hydrogens (tertiary/aromatic N) is 2. The molecule has 1 N–H and O–H groups in total. The summed E-state index contributed by atoms with van der Waals surface area (Å²) in [5.74, 6) is -0.0738. The second-order valence-electron chi connectivity index (χ2n) is 7.78. The number of benzene rings is 2. The minimum Gasteiger partial charge on any atom is -0.488 e. The van der Waals surface area contributed by atoms with Gasteiger partial charge in [0.25, 0.3) is 5.91 Å². The Morgan fingerprint density at radius 1 is 1.22 bits per heavy atom. The largest absolute Gasteiger partial charge is 0.488 e. The van der Waals surface area contributed by atoms with Crippen molar-refractivity contribution in [3.05, 3.63) is 70.1 Å². The van der Waals surface area contributed by atoms with E-state index in [9.17, 15) is 14.7 Å². The molecule has 1 fully saturated rings. The number of aliphatic carboxylic acids is 1. The third-order valence-electron chi connectivity index (χ3n) is 5.74. The van der Waals surface area contributed by atoms with Crippen molar-refractivity contribution < 1.29 is 24.0 Å². The van der Waals surface area contributed by atoms with E-state index in [-0.39, 0.29) is 12.5 Å². The second-order valence-corrected chi connectivity index (χ2v) is 8.18. The van der Waals surface area contributed by atoms with Crippen LogP contribution in [0.2, 0.25) is 5.02 Å². The molecule has 1 atom stereocenters. The Kier molecular flexibility index (Phi) is 6.19. The van der Waals surface area contributed by atoms with E-state index in [0.29, 0.717) is 52.6 Å². The Bertz CT molecular complexity index is 1150. The Labute approximate surface area is 190 Å². The first-order valence-electron chi connectivity index (χ1n) is 10.3. The van der Waals surface area contributed by atoms with Crippen molar-refractivity contribution in [3.8, 4) is 16.9 Å². The van der Waals surface area contributed by atoms with Gasteiger partial charge < -0.3 is 19.3 Å². The first kappa shape index (κ1) is 21.9. The molecule has 2 heterocycles. The SMILES string of the molecule is Cc1noc(C)c1COc1ccc(C(=O)N2CCCC2C(=O)O)cc1-c1ccccc1Cl. The van der Waals surface area contributed by atoms with Crippen molar-refractivity contribution in [3.63, 3.8) is 0 Å². The molecule has 1 saturated heterocycles. The van der Waals surface area contributed by atoms with E-state index < -0.39 is 12.0 Å². The maximum atomic E-state index is 13.1. The van der Waals surface area contributed by atoms with Crippen molar-refractivity contribution in [2.45, 2.75) is 39.3 Å². The highest BCUT2D eigenvalue weighted by Crippen LogP contribution is 2.37. The van der Waals surface area contributed by atoms with Crippen LogP contribution in [0.1, 0.15) is 40.2 Å². The van der Waals surface area contributed by atoms with Gasteiger partial charge in [0.1, 0.15) is 24.2 Å². The van der Waals surface area contributed by atoms with Crippen molar-refractivity contribution in [1.29, 1.82) is 0 Å². The van der Waals surface area contributed by atoms with E-state index >= 15 is 0 Å². The summed E-state index contributed by atoms with van der Waals surface area (Å²) in [5, 5.41) is 13.9. The number of amides is 1. The lowest BCUT2D eigenvalue weighted by atomic mass is 10.0. The molecule has 0 bridgehead atoms. The fourth-order valence-electron chi connectivity index (χ4n) is 3.97. The van der Waals surface area contributed by atoms with Crippen LogP contribution in [0.4, 0.5) is 0 Å². The molecule has 0 saturated carbocycles. The minimum atomic E-state index is -0.985. The Hall–Kier alpha value is -3.32. The maximum absolute atomic E-state index is 13.1. The monoisotopic (exact) mass is 454 g/mol. The Balaban J connectivity index is 1.70. The lowest BCUT2D eigenvalue weighted by molar-refractivity contribution is -0.141. The molecular weight excluding hydrogens is 432 g/mol. The van der Waals surface area contributed by atoms with E-state index in [1.165, 1.54) is 4.90 Å². The first-order valence-corrected chi connectivity index (χ1v) is 10.7. The zero-order valence-electron chi connectivity index (χ0n) is 17.8. The number of hydrogen-bond acceptors (Lipinski definition) is 5. The van der Waals surface area contributed by atoms with Gasteiger partial charge in [-0.3, -0.25) is 4.79 Å². The number of hydrogen-bond donors (Lipinski definition) is 1. The molecule has 0 spiro atoms. The lowest BCUT2D eigenvalue weighted by Gasteiger charge is -2.22. The van der Waals surface area contributed by atoms with Gasteiger partial charge in [-0.25, -0.2) is 4.79 Å². The summed E-state index contributed by atoms with van der Waals surface area (Å²) < 4.78 is 11.3. The molecule has 1 aliphatic heterocycles.